The monoisotopic (exact) mass is 359 g/mol. The van der Waals surface area contributed by atoms with Crippen LogP contribution in [0.4, 0.5) is 4.39 Å². The number of halogens is 1. The molecule has 0 aliphatic heterocycles. The fourth-order valence-corrected chi connectivity index (χ4v) is 2.69. The molecule has 4 nitrogen and oxygen atoms in total. The number of benzene rings is 3. The van der Waals surface area contributed by atoms with Gasteiger partial charge >= 0.3 is 5.97 Å². The summed E-state index contributed by atoms with van der Waals surface area (Å²) in [6, 6.07) is 21.1. The minimum Gasteiger partial charge on any atom is -0.454 e. The van der Waals surface area contributed by atoms with Crippen molar-refractivity contribution in [2.45, 2.75) is 0 Å². The maximum atomic E-state index is 13.7. The average molecular weight is 359 g/mol. The number of ketones is 1. The third-order valence-corrected chi connectivity index (χ3v) is 3.99. The molecule has 0 aromatic heterocycles. The second-order valence-corrected chi connectivity index (χ2v) is 5.68. The first-order valence-electron chi connectivity index (χ1n) is 8.15. The Morgan fingerprint density at radius 3 is 2.15 bits per heavy atom. The Balaban J connectivity index is 1.83. The number of carbonyl (C=O) groups excluding carboxylic acids is 2. The van der Waals surface area contributed by atoms with Crippen LogP contribution in [0.3, 0.4) is 0 Å². The van der Waals surface area contributed by atoms with E-state index in [-0.39, 0.29) is 11.1 Å². The van der Waals surface area contributed by atoms with E-state index in [9.17, 15) is 19.2 Å². The van der Waals surface area contributed by atoms with Crippen molar-refractivity contribution < 1.29 is 18.7 Å². The molecular weight excluding hydrogens is 345 g/mol. The molecule has 0 N–H and O–H groups in total. The van der Waals surface area contributed by atoms with Gasteiger partial charge in [0.15, 0.2) is 6.61 Å². The molecule has 0 radical (unpaired) electrons. The molecule has 0 aliphatic carbocycles. The van der Waals surface area contributed by atoms with Crippen LogP contribution in [0, 0.1) is 17.1 Å². The van der Waals surface area contributed by atoms with Gasteiger partial charge in [-0.05, 0) is 29.8 Å². The first-order chi connectivity index (χ1) is 13.1. The van der Waals surface area contributed by atoms with Crippen molar-refractivity contribution in [1.82, 2.24) is 0 Å². The van der Waals surface area contributed by atoms with E-state index in [2.05, 4.69) is 6.07 Å². The number of esters is 1. The summed E-state index contributed by atoms with van der Waals surface area (Å²) in [4.78, 5) is 24.6. The molecule has 0 bridgehead atoms. The minimum atomic E-state index is -0.719. The van der Waals surface area contributed by atoms with Crippen molar-refractivity contribution in [3.63, 3.8) is 0 Å². The second-order valence-electron chi connectivity index (χ2n) is 5.68. The van der Waals surface area contributed by atoms with Crippen LogP contribution in [0.2, 0.25) is 0 Å². The number of carbonyl (C=O) groups is 2. The van der Waals surface area contributed by atoms with Gasteiger partial charge < -0.3 is 4.74 Å². The zero-order valence-corrected chi connectivity index (χ0v) is 14.2. The van der Waals surface area contributed by atoms with Crippen LogP contribution in [0.15, 0.2) is 72.8 Å². The molecule has 0 fully saturated rings. The highest BCUT2D eigenvalue weighted by atomic mass is 19.1. The highest BCUT2D eigenvalue weighted by Gasteiger charge is 2.18. The Bertz CT molecular complexity index is 1050. The van der Waals surface area contributed by atoms with Gasteiger partial charge in [-0.25, -0.2) is 9.18 Å². The predicted octanol–water partition coefficient (Wildman–Crippen LogP) is 4.40. The predicted molar refractivity (Wildman–Crippen MR) is 97.6 cm³/mol. The third kappa shape index (κ3) is 3.91. The van der Waals surface area contributed by atoms with E-state index >= 15 is 0 Å². The van der Waals surface area contributed by atoms with E-state index < -0.39 is 24.2 Å². The lowest BCUT2D eigenvalue weighted by molar-refractivity contribution is 0.0474. The molecule has 0 saturated carbocycles. The lowest BCUT2D eigenvalue weighted by Gasteiger charge is -2.11. The summed E-state index contributed by atoms with van der Waals surface area (Å²) in [7, 11) is 0. The molecule has 3 aromatic rings. The smallest absolute Gasteiger partial charge is 0.339 e. The normalized spacial score (nSPS) is 10.1. The molecule has 3 aromatic carbocycles. The van der Waals surface area contributed by atoms with Crippen LogP contribution in [0.5, 0.6) is 0 Å². The average Bonchev–Trinajstić information content (AvgIpc) is 2.72. The lowest BCUT2D eigenvalue weighted by Crippen LogP contribution is -2.16. The van der Waals surface area contributed by atoms with Crippen molar-refractivity contribution in [2.75, 3.05) is 6.61 Å². The largest absolute Gasteiger partial charge is 0.454 e. The van der Waals surface area contributed by atoms with E-state index in [4.69, 9.17) is 4.74 Å². The van der Waals surface area contributed by atoms with Crippen LogP contribution in [-0.4, -0.2) is 18.4 Å². The molecule has 0 aliphatic rings. The summed E-state index contributed by atoms with van der Waals surface area (Å²) in [5.74, 6) is -2.01. The van der Waals surface area contributed by atoms with Gasteiger partial charge in [-0.1, -0.05) is 48.5 Å². The van der Waals surface area contributed by atoms with Crippen LogP contribution >= 0.6 is 0 Å². The molecular formula is C22H14FNO3. The molecule has 0 unspecified atom stereocenters. The standard InChI is InChI=1S/C22H14FNO3/c23-20-12-6-5-11-19(20)21(25)14-27-22(26)18-10-4-3-9-17(18)16-8-2-1-7-15(16)13-24/h1-12H,14H2. The van der Waals surface area contributed by atoms with Crippen LogP contribution in [0.25, 0.3) is 11.1 Å². The highest BCUT2D eigenvalue weighted by Crippen LogP contribution is 2.27. The molecule has 0 spiro atoms. The first-order valence-corrected chi connectivity index (χ1v) is 8.15. The number of rotatable bonds is 5. The number of hydrogen-bond donors (Lipinski definition) is 0. The molecule has 0 heterocycles. The fraction of sp³-hybridized carbons (Fsp3) is 0.0455. The van der Waals surface area contributed by atoms with Gasteiger partial charge in [-0.2, -0.15) is 5.26 Å². The van der Waals surface area contributed by atoms with E-state index in [1.165, 1.54) is 24.3 Å². The van der Waals surface area contributed by atoms with E-state index in [0.29, 0.717) is 16.7 Å². The molecule has 0 saturated heterocycles. The SMILES string of the molecule is N#Cc1ccccc1-c1ccccc1C(=O)OCC(=O)c1ccccc1F. The topological polar surface area (TPSA) is 67.2 Å². The molecule has 27 heavy (non-hydrogen) atoms. The van der Waals surface area contributed by atoms with Gasteiger partial charge in [0.05, 0.1) is 22.8 Å². The summed E-state index contributed by atoms with van der Waals surface area (Å²) in [5.41, 5.74) is 1.63. The van der Waals surface area contributed by atoms with Gasteiger partial charge in [0, 0.05) is 5.56 Å². The van der Waals surface area contributed by atoms with E-state index in [1.54, 1.807) is 48.5 Å². The van der Waals surface area contributed by atoms with Gasteiger partial charge in [0.2, 0.25) is 5.78 Å². The zero-order valence-electron chi connectivity index (χ0n) is 14.2. The van der Waals surface area contributed by atoms with Crippen molar-refractivity contribution >= 4 is 11.8 Å². The highest BCUT2D eigenvalue weighted by molar-refractivity contribution is 6.01. The number of nitrogens with zero attached hydrogens (tertiary/aromatic N) is 1. The van der Waals surface area contributed by atoms with E-state index in [1.807, 2.05) is 0 Å². The Labute approximate surface area is 155 Å². The quantitative estimate of drug-likeness (QED) is 0.500. The number of nitriles is 1. The molecule has 0 atom stereocenters. The molecule has 132 valence electrons. The Hall–Kier alpha value is -3.78. The van der Waals surface area contributed by atoms with Gasteiger partial charge in [0.1, 0.15) is 5.82 Å². The number of ether oxygens (including phenoxy) is 1. The number of hydrogen-bond acceptors (Lipinski definition) is 4. The number of Topliss-reactive ketones (excluding diaryl/α,β-unsaturated/α-hetero) is 1. The molecule has 0 amide bonds. The lowest BCUT2D eigenvalue weighted by atomic mass is 9.96. The molecule has 5 heteroatoms. The minimum absolute atomic E-state index is 0.131. The summed E-state index contributed by atoms with van der Waals surface area (Å²) in [6.07, 6.45) is 0. The Kier molecular flexibility index (Phi) is 5.38. The van der Waals surface area contributed by atoms with Crippen molar-refractivity contribution in [3.05, 3.63) is 95.3 Å². The van der Waals surface area contributed by atoms with Gasteiger partial charge in [-0.3, -0.25) is 4.79 Å². The summed E-state index contributed by atoms with van der Waals surface area (Å²) >= 11 is 0. The Morgan fingerprint density at radius 1 is 0.852 bits per heavy atom. The van der Waals surface area contributed by atoms with Crippen LogP contribution in [-0.2, 0) is 4.74 Å². The maximum absolute atomic E-state index is 13.7. The molecule has 3 rings (SSSR count). The Morgan fingerprint density at radius 2 is 1.44 bits per heavy atom. The first kappa shape index (κ1) is 18.0. The van der Waals surface area contributed by atoms with Crippen molar-refractivity contribution in [1.29, 1.82) is 5.26 Å². The zero-order chi connectivity index (χ0) is 19.2. The summed E-state index contributed by atoms with van der Waals surface area (Å²) in [6.45, 7) is -0.575. The summed E-state index contributed by atoms with van der Waals surface area (Å²) < 4.78 is 18.8. The van der Waals surface area contributed by atoms with E-state index in [0.717, 1.165) is 0 Å². The summed E-state index contributed by atoms with van der Waals surface area (Å²) in [5, 5.41) is 9.29. The van der Waals surface area contributed by atoms with Crippen LogP contribution < -0.4 is 0 Å². The van der Waals surface area contributed by atoms with Gasteiger partial charge in [-0.15, -0.1) is 0 Å². The van der Waals surface area contributed by atoms with Gasteiger partial charge in [0.25, 0.3) is 0 Å². The van der Waals surface area contributed by atoms with Crippen molar-refractivity contribution in [3.8, 4) is 17.2 Å². The van der Waals surface area contributed by atoms with Crippen LogP contribution in [0.1, 0.15) is 26.3 Å². The second kappa shape index (κ2) is 8.07. The maximum Gasteiger partial charge on any atom is 0.339 e. The van der Waals surface area contributed by atoms with Crippen molar-refractivity contribution in [2.24, 2.45) is 0 Å². The third-order valence-electron chi connectivity index (χ3n) is 3.99. The fourth-order valence-electron chi connectivity index (χ4n) is 2.69.